The summed E-state index contributed by atoms with van der Waals surface area (Å²) in [4.78, 5) is 33.2. The minimum atomic E-state index is -0.586. The predicted molar refractivity (Wildman–Crippen MR) is 94.7 cm³/mol. The molecule has 144 valence electrons. The molecule has 1 aromatic rings. The molecule has 1 aromatic carbocycles. The molecular formula is C16H21NO8S. The van der Waals surface area contributed by atoms with Gasteiger partial charge in [-0.05, 0) is 24.2 Å². The Labute approximate surface area is 155 Å². The zero-order valence-electron chi connectivity index (χ0n) is 14.8. The van der Waals surface area contributed by atoms with Crippen LogP contribution in [-0.4, -0.2) is 42.8 Å². The Kier molecular flexibility index (Phi) is 9.27. The molecule has 9 nitrogen and oxygen atoms in total. The van der Waals surface area contributed by atoms with E-state index in [0.717, 1.165) is 11.8 Å². The summed E-state index contributed by atoms with van der Waals surface area (Å²) < 4.78 is 20.2. The number of carbonyl (C=O) groups excluding carboxylic acids is 2. The van der Waals surface area contributed by atoms with Crippen molar-refractivity contribution in [2.45, 2.75) is 26.4 Å². The van der Waals surface area contributed by atoms with Crippen molar-refractivity contribution >= 4 is 28.7 Å². The van der Waals surface area contributed by atoms with Crippen LogP contribution in [0.25, 0.3) is 0 Å². The van der Waals surface area contributed by atoms with Crippen LogP contribution in [0.5, 0.6) is 11.5 Å². The Hall–Kier alpha value is -2.49. The quantitative estimate of drug-likeness (QED) is 0.258. The Morgan fingerprint density at radius 1 is 1.23 bits per heavy atom. The summed E-state index contributed by atoms with van der Waals surface area (Å²) in [6.45, 7) is 1.70. The van der Waals surface area contributed by atoms with Gasteiger partial charge in [0.1, 0.15) is 6.61 Å². The lowest BCUT2D eigenvalue weighted by atomic mass is 10.1. The first kappa shape index (κ1) is 21.6. The Morgan fingerprint density at radius 2 is 1.96 bits per heavy atom. The van der Waals surface area contributed by atoms with E-state index in [2.05, 4.69) is 4.74 Å². The maximum absolute atomic E-state index is 11.5. The van der Waals surface area contributed by atoms with Gasteiger partial charge in [-0.2, -0.15) is 0 Å². The Morgan fingerprint density at radius 3 is 2.54 bits per heavy atom. The maximum atomic E-state index is 11.5. The summed E-state index contributed by atoms with van der Waals surface area (Å²) in [5.41, 5.74) is -0.0538. The second-order valence-corrected chi connectivity index (χ2v) is 6.09. The van der Waals surface area contributed by atoms with Crippen LogP contribution in [0.1, 0.15) is 25.3 Å². The van der Waals surface area contributed by atoms with Crippen LogP contribution in [0, 0.1) is 10.1 Å². The van der Waals surface area contributed by atoms with Crippen molar-refractivity contribution in [1.29, 1.82) is 0 Å². The van der Waals surface area contributed by atoms with Gasteiger partial charge in [-0.15, -0.1) is 0 Å². The van der Waals surface area contributed by atoms with Gasteiger partial charge in [0.25, 0.3) is 5.69 Å². The van der Waals surface area contributed by atoms with E-state index in [1.165, 1.54) is 26.4 Å². The number of benzene rings is 1. The van der Waals surface area contributed by atoms with Crippen molar-refractivity contribution in [3.05, 3.63) is 27.8 Å². The third-order valence-electron chi connectivity index (χ3n) is 3.18. The number of methoxy groups -OCH3 is 2. The molecule has 0 amide bonds. The van der Waals surface area contributed by atoms with E-state index >= 15 is 0 Å². The molecule has 0 bridgehead atoms. The number of ether oxygens (including phenoxy) is 4. The Bertz CT molecular complexity index is 649. The van der Waals surface area contributed by atoms with Crippen LogP contribution in [0.15, 0.2) is 12.1 Å². The van der Waals surface area contributed by atoms with E-state index < -0.39 is 10.2 Å². The van der Waals surface area contributed by atoms with Crippen molar-refractivity contribution in [2.24, 2.45) is 0 Å². The van der Waals surface area contributed by atoms with Gasteiger partial charge in [0.15, 0.2) is 11.5 Å². The molecular weight excluding hydrogens is 366 g/mol. The number of hydrogen-bond donors (Lipinski definition) is 0. The molecule has 0 spiro atoms. The molecule has 10 heteroatoms. The predicted octanol–water partition coefficient (Wildman–Crippen LogP) is 3.33. The highest BCUT2D eigenvalue weighted by molar-refractivity contribution is 8.13. The van der Waals surface area contributed by atoms with Crippen LogP contribution in [0.3, 0.4) is 0 Å². The molecule has 0 heterocycles. The van der Waals surface area contributed by atoms with Gasteiger partial charge in [-0.3, -0.25) is 14.9 Å². The van der Waals surface area contributed by atoms with Crippen molar-refractivity contribution in [1.82, 2.24) is 0 Å². The number of nitro benzene ring substituents is 1. The van der Waals surface area contributed by atoms with Gasteiger partial charge in [0.2, 0.25) is 0 Å². The van der Waals surface area contributed by atoms with Crippen LogP contribution in [-0.2, 0) is 20.9 Å². The summed E-state index contributed by atoms with van der Waals surface area (Å²) in [7, 11) is 2.69. The summed E-state index contributed by atoms with van der Waals surface area (Å²) in [5.74, 6) is 0.612. The van der Waals surface area contributed by atoms with Crippen molar-refractivity contribution < 1.29 is 33.5 Å². The number of nitrogens with zero attached hydrogens (tertiary/aromatic N) is 1. The molecule has 0 aromatic heterocycles. The SMILES string of the molecule is CCSC(=O)OCc1cc(OC)c(OCCCC(=O)OC)cc1[N+](=O)[O-]. The van der Waals surface area contributed by atoms with E-state index in [4.69, 9.17) is 14.2 Å². The van der Waals surface area contributed by atoms with E-state index in [-0.39, 0.29) is 48.4 Å². The van der Waals surface area contributed by atoms with Gasteiger partial charge < -0.3 is 18.9 Å². The highest BCUT2D eigenvalue weighted by atomic mass is 32.2. The zero-order chi connectivity index (χ0) is 19.5. The zero-order valence-corrected chi connectivity index (χ0v) is 15.6. The fraction of sp³-hybridized carbons (Fsp3) is 0.500. The number of nitro groups is 1. The first-order valence-corrected chi connectivity index (χ1v) is 8.75. The fourth-order valence-electron chi connectivity index (χ4n) is 1.95. The lowest BCUT2D eigenvalue weighted by Gasteiger charge is -2.13. The minimum Gasteiger partial charge on any atom is -0.493 e. The number of thioether (sulfide) groups is 1. The monoisotopic (exact) mass is 387 g/mol. The molecule has 0 aliphatic rings. The second-order valence-electron chi connectivity index (χ2n) is 4.89. The highest BCUT2D eigenvalue weighted by Gasteiger charge is 2.21. The molecule has 0 aliphatic carbocycles. The van der Waals surface area contributed by atoms with Gasteiger partial charge in [0, 0.05) is 12.2 Å². The minimum absolute atomic E-state index is 0.157. The average molecular weight is 387 g/mol. The molecule has 26 heavy (non-hydrogen) atoms. The number of carbonyl (C=O) groups is 2. The van der Waals surface area contributed by atoms with Crippen molar-refractivity contribution in [3.8, 4) is 11.5 Å². The van der Waals surface area contributed by atoms with Crippen LogP contribution < -0.4 is 9.47 Å². The fourth-order valence-corrected chi connectivity index (χ4v) is 2.32. The average Bonchev–Trinajstić information content (AvgIpc) is 2.63. The molecule has 0 unspecified atom stereocenters. The Balaban J connectivity index is 2.88. The molecule has 1 rings (SSSR count). The molecule has 0 saturated heterocycles. The highest BCUT2D eigenvalue weighted by Crippen LogP contribution is 2.35. The van der Waals surface area contributed by atoms with E-state index in [0.29, 0.717) is 12.2 Å². The topological polar surface area (TPSA) is 114 Å². The first-order chi connectivity index (χ1) is 12.4. The van der Waals surface area contributed by atoms with E-state index in [1.807, 2.05) is 0 Å². The van der Waals surface area contributed by atoms with Gasteiger partial charge in [-0.25, -0.2) is 4.79 Å². The molecule has 0 atom stereocenters. The molecule has 0 radical (unpaired) electrons. The van der Waals surface area contributed by atoms with E-state index in [9.17, 15) is 19.7 Å². The van der Waals surface area contributed by atoms with Gasteiger partial charge in [-0.1, -0.05) is 6.92 Å². The largest absolute Gasteiger partial charge is 0.493 e. The standard InChI is InChI=1S/C16H21NO8S/c1-4-26-16(19)25-10-11-8-13(22-2)14(9-12(11)17(20)21)24-7-5-6-15(18)23-3/h8-9H,4-7,10H2,1-3H3. The number of rotatable bonds is 10. The van der Waals surface area contributed by atoms with Gasteiger partial charge >= 0.3 is 11.3 Å². The molecule has 0 saturated carbocycles. The molecule has 0 fully saturated rings. The third-order valence-corrected chi connectivity index (χ3v) is 3.82. The number of esters is 1. The summed E-state index contributed by atoms with van der Waals surface area (Å²) in [6.07, 6.45) is 0.557. The maximum Gasteiger partial charge on any atom is 0.367 e. The number of hydrogen-bond acceptors (Lipinski definition) is 9. The third kappa shape index (κ3) is 6.79. The molecule has 0 N–H and O–H groups in total. The lowest BCUT2D eigenvalue weighted by Crippen LogP contribution is -2.07. The van der Waals surface area contributed by atoms with Crippen molar-refractivity contribution in [3.63, 3.8) is 0 Å². The van der Waals surface area contributed by atoms with Crippen molar-refractivity contribution in [2.75, 3.05) is 26.6 Å². The van der Waals surface area contributed by atoms with E-state index in [1.54, 1.807) is 6.92 Å². The first-order valence-electron chi connectivity index (χ1n) is 7.77. The summed E-state index contributed by atoms with van der Waals surface area (Å²) >= 11 is 0.971. The summed E-state index contributed by atoms with van der Waals surface area (Å²) in [5, 5.41) is 10.8. The molecule has 0 aliphatic heterocycles. The van der Waals surface area contributed by atoms with Crippen LogP contribution in [0.4, 0.5) is 10.5 Å². The second kappa shape index (κ2) is 11.2. The summed E-state index contributed by atoms with van der Waals surface area (Å²) in [6, 6.07) is 2.62. The van der Waals surface area contributed by atoms with Gasteiger partial charge in [0.05, 0.1) is 37.4 Å². The van der Waals surface area contributed by atoms with Crippen LogP contribution in [0.2, 0.25) is 0 Å². The van der Waals surface area contributed by atoms with Crippen LogP contribution >= 0.6 is 11.8 Å². The lowest BCUT2D eigenvalue weighted by molar-refractivity contribution is -0.385. The normalized spacial score (nSPS) is 10.1. The smallest absolute Gasteiger partial charge is 0.367 e.